The molecule has 0 bridgehead atoms. The third kappa shape index (κ3) is 3.63. The Kier molecular flexibility index (Phi) is 5.24. The fourth-order valence-corrected chi connectivity index (χ4v) is 2.36. The standard InChI is InChI=1S/C15H22N2O3/c1-19-11-6-7-14-12(10-11)13(4-3-9-20-14)17-15(18)5-2-8-16/h6-7,10,13H,2-5,8-9,16H2,1H3,(H,17,18). The van der Waals surface area contributed by atoms with E-state index in [-0.39, 0.29) is 11.9 Å². The predicted molar refractivity (Wildman–Crippen MR) is 76.9 cm³/mol. The molecule has 0 radical (unpaired) electrons. The van der Waals surface area contributed by atoms with Gasteiger partial charge in [-0.3, -0.25) is 4.79 Å². The van der Waals surface area contributed by atoms with Crippen LogP contribution in [0.1, 0.15) is 37.3 Å². The number of ether oxygens (including phenoxy) is 2. The zero-order chi connectivity index (χ0) is 14.4. The smallest absolute Gasteiger partial charge is 0.220 e. The Labute approximate surface area is 119 Å². The summed E-state index contributed by atoms with van der Waals surface area (Å²) in [5.74, 6) is 1.64. The van der Waals surface area contributed by atoms with Crippen LogP contribution in [-0.4, -0.2) is 26.2 Å². The lowest BCUT2D eigenvalue weighted by Crippen LogP contribution is -2.28. The molecular weight excluding hydrogens is 256 g/mol. The first kappa shape index (κ1) is 14.7. The minimum absolute atomic E-state index is 0.0205. The first-order chi connectivity index (χ1) is 9.74. The van der Waals surface area contributed by atoms with Gasteiger partial charge in [0.1, 0.15) is 11.5 Å². The summed E-state index contributed by atoms with van der Waals surface area (Å²) in [5, 5.41) is 3.07. The van der Waals surface area contributed by atoms with E-state index in [9.17, 15) is 4.79 Å². The van der Waals surface area contributed by atoms with Gasteiger partial charge in [-0.25, -0.2) is 0 Å². The molecule has 0 saturated carbocycles. The Morgan fingerprint density at radius 3 is 3.15 bits per heavy atom. The number of carbonyl (C=O) groups excluding carboxylic acids is 1. The van der Waals surface area contributed by atoms with Crippen molar-refractivity contribution in [2.75, 3.05) is 20.3 Å². The van der Waals surface area contributed by atoms with Crippen LogP contribution in [0.2, 0.25) is 0 Å². The molecule has 20 heavy (non-hydrogen) atoms. The number of nitrogens with one attached hydrogen (secondary N) is 1. The Bertz CT molecular complexity index is 462. The largest absolute Gasteiger partial charge is 0.497 e. The van der Waals surface area contributed by atoms with Crippen LogP contribution in [-0.2, 0) is 4.79 Å². The molecule has 1 heterocycles. The summed E-state index contributed by atoms with van der Waals surface area (Å²) in [4.78, 5) is 11.9. The van der Waals surface area contributed by atoms with E-state index < -0.39 is 0 Å². The monoisotopic (exact) mass is 278 g/mol. The molecule has 1 amide bonds. The Hall–Kier alpha value is -1.75. The van der Waals surface area contributed by atoms with Gasteiger partial charge in [-0.2, -0.15) is 0 Å². The molecule has 1 aliphatic rings. The minimum Gasteiger partial charge on any atom is -0.497 e. The number of hydrogen-bond donors (Lipinski definition) is 2. The first-order valence-corrected chi connectivity index (χ1v) is 7.04. The van der Waals surface area contributed by atoms with Gasteiger partial charge < -0.3 is 20.5 Å². The number of carbonyl (C=O) groups is 1. The van der Waals surface area contributed by atoms with Crippen molar-refractivity contribution in [2.45, 2.75) is 31.7 Å². The topological polar surface area (TPSA) is 73.6 Å². The molecule has 0 saturated heterocycles. The second kappa shape index (κ2) is 7.14. The van der Waals surface area contributed by atoms with Gasteiger partial charge in [0.05, 0.1) is 19.8 Å². The summed E-state index contributed by atoms with van der Waals surface area (Å²) >= 11 is 0. The molecule has 3 N–H and O–H groups in total. The highest BCUT2D eigenvalue weighted by atomic mass is 16.5. The third-order valence-corrected chi connectivity index (χ3v) is 3.43. The molecule has 0 aromatic heterocycles. The average Bonchev–Trinajstić information content (AvgIpc) is 2.67. The van der Waals surface area contributed by atoms with Gasteiger partial charge in [0, 0.05) is 12.0 Å². The lowest BCUT2D eigenvalue weighted by molar-refractivity contribution is -0.121. The fourth-order valence-electron chi connectivity index (χ4n) is 2.36. The van der Waals surface area contributed by atoms with Crippen LogP contribution in [0.25, 0.3) is 0 Å². The van der Waals surface area contributed by atoms with Crippen LogP contribution in [0.3, 0.4) is 0 Å². The van der Waals surface area contributed by atoms with Gasteiger partial charge in [0.2, 0.25) is 5.91 Å². The quantitative estimate of drug-likeness (QED) is 0.861. The molecule has 1 unspecified atom stereocenters. The molecule has 0 spiro atoms. The van der Waals surface area contributed by atoms with Crippen LogP contribution >= 0.6 is 0 Å². The first-order valence-electron chi connectivity index (χ1n) is 7.04. The summed E-state index contributed by atoms with van der Waals surface area (Å²) in [5.41, 5.74) is 6.42. The van der Waals surface area contributed by atoms with Crippen molar-refractivity contribution < 1.29 is 14.3 Å². The van der Waals surface area contributed by atoms with E-state index in [1.54, 1.807) is 7.11 Å². The Balaban J connectivity index is 2.15. The summed E-state index contributed by atoms with van der Waals surface area (Å²) in [7, 11) is 1.63. The normalized spacial score (nSPS) is 17.6. The maximum absolute atomic E-state index is 11.9. The van der Waals surface area contributed by atoms with Crippen molar-refractivity contribution >= 4 is 5.91 Å². The SMILES string of the molecule is COc1ccc2c(c1)C(NC(=O)CCCN)CCCO2. The summed E-state index contributed by atoms with van der Waals surface area (Å²) < 4.78 is 11.0. The maximum atomic E-state index is 11.9. The second-order valence-corrected chi connectivity index (χ2v) is 4.91. The Morgan fingerprint density at radius 2 is 2.40 bits per heavy atom. The van der Waals surface area contributed by atoms with Crippen molar-refractivity contribution in [1.82, 2.24) is 5.32 Å². The molecule has 1 aromatic carbocycles. The van der Waals surface area contributed by atoms with E-state index in [2.05, 4.69) is 5.32 Å². The molecule has 2 rings (SSSR count). The van der Waals surface area contributed by atoms with Crippen LogP contribution in [0.15, 0.2) is 18.2 Å². The molecule has 1 atom stereocenters. The van der Waals surface area contributed by atoms with Crippen molar-refractivity contribution in [1.29, 1.82) is 0 Å². The minimum atomic E-state index is -0.0205. The molecule has 110 valence electrons. The van der Waals surface area contributed by atoms with Gasteiger partial charge in [-0.1, -0.05) is 0 Å². The van der Waals surface area contributed by atoms with E-state index in [4.69, 9.17) is 15.2 Å². The maximum Gasteiger partial charge on any atom is 0.220 e. The zero-order valence-corrected chi connectivity index (χ0v) is 11.9. The number of rotatable bonds is 5. The van der Waals surface area contributed by atoms with E-state index in [0.717, 1.165) is 29.9 Å². The number of hydrogen-bond acceptors (Lipinski definition) is 4. The van der Waals surface area contributed by atoms with Crippen molar-refractivity contribution in [3.8, 4) is 11.5 Å². The molecule has 1 aliphatic heterocycles. The molecular formula is C15H22N2O3. The highest BCUT2D eigenvalue weighted by Gasteiger charge is 2.22. The van der Waals surface area contributed by atoms with E-state index in [0.29, 0.717) is 26.0 Å². The molecule has 0 fully saturated rings. The van der Waals surface area contributed by atoms with E-state index >= 15 is 0 Å². The van der Waals surface area contributed by atoms with Gasteiger partial charge in [-0.15, -0.1) is 0 Å². The summed E-state index contributed by atoms with van der Waals surface area (Å²) in [6.07, 6.45) is 2.96. The molecule has 1 aromatic rings. The van der Waals surface area contributed by atoms with Gasteiger partial charge in [0.15, 0.2) is 0 Å². The zero-order valence-electron chi connectivity index (χ0n) is 11.9. The van der Waals surface area contributed by atoms with E-state index in [1.807, 2.05) is 18.2 Å². The van der Waals surface area contributed by atoms with Gasteiger partial charge in [-0.05, 0) is 44.0 Å². The highest BCUT2D eigenvalue weighted by Crippen LogP contribution is 2.34. The number of benzene rings is 1. The number of methoxy groups -OCH3 is 1. The predicted octanol–water partition coefficient (Wildman–Crippen LogP) is 1.76. The third-order valence-electron chi connectivity index (χ3n) is 3.43. The van der Waals surface area contributed by atoms with Gasteiger partial charge in [0.25, 0.3) is 0 Å². The van der Waals surface area contributed by atoms with Crippen LogP contribution < -0.4 is 20.5 Å². The van der Waals surface area contributed by atoms with Crippen LogP contribution in [0.4, 0.5) is 0 Å². The molecule has 5 heteroatoms. The van der Waals surface area contributed by atoms with Crippen molar-refractivity contribution in [3.05, 3.63) is 23.8 Å². The van der Waals surface area contributed by atoms with Crippen molar-refractivity contribution in [2.24, 2.45) is 5.73 Å². The Morgan fingerprint density at radius 1 is 1.55 bits per heavy atom. The number of nitrogens with two attached hydrogens (primary N) is 1. The second-order valence-electron chi connectivity index (χ2n) is 4.91. The lowest BCUT2D eigenvalue weighted by Gasteiger charge is -2.19. The summed E-state index contributed by atoms with van der Waals surface area (Å²) in [6, 6.07) is 5.69. The molecule has 5 nitrogen and oxygen atoms in total. The molecule has 0 aliphatic carbocycles. The van der Waals surface area contributed by atoms with Crippen LogP contribution in [0.5, 0.6) is 11.5 Å². The van der Waals surface area contributed by atoms with Crippen LogP contribution in [0, 0.1) is 0 Å². The average molecular weight is 278 g/mol. The fraction of sp³-hybridized carbons (Fsp3) is 0.533. The lowest BCUT2D eigenvalue weighted by atomic mass is 10.0. The highest BCUT2D eigenvalue weighted by molar-refractivity contribution is 5.76. The number of fused-ring (bicyclic) bond motifs is 1. The summed E-state index contributed by atoms with van der Waals surface area (Å²) in [6.45, 7) is 1.21. The van der Waals surface area contributed by atoms with E-state index in [1.165, 1.54) is 0 Å². The van der Waals surface area contributed by atoms with Crippen molar-refractivity contribution in [3.63, 3.8) is 0 Å². The van der Waals surface area contributed by atoms with Gasteiger partial charge >= 0.3 is 0 Å². The number of amides is 1.